The number of unbranched alkanes of at least 4 members (excludes halogenated alkanes) is 8. The topological polar surface area (TPSA) is 63.6 Å². The SMILES string of the molecule is CCCCCCCC(=O)O.CCCCCCCC(=O)Oc1ccccc1. The van der Waals surface area contributed by atoms with Crippen molar-refractivity contribution in [1.82, 2.24) is 0 Å². The van der Waals surface area contributed by atoms with Crippen molar-refractivity contribution in [2.45, 2.75) is 90.9 Å². The maximum Gasteiger partial charge on any atom is 0.311 e. The molecule has 4 nitrogen and oxygen atoms in total. The Bertz CT molecular complexity index is 456. The molecule has 1 aromatic rings. The van der Waals surface area contributed by atoms with Gasteiger partial charge in [0.05, 0.1) is 0 Å². The third-order valence-corrected chi connectivity index (χ3v) is 3.95. The molecule has 0 aliphatic rings. The van der Waals surface area contributed by atoms with Gasteiger partial charge in [0.25, 0.3) is 0 Å². The van der Waals surface area contributed by atoms with Crippen molar-refractivity contribution in [3.63, 3.8) is 0 Å². The monoisotopic (exact) mass is 364 g/mol. The molecule has 0 aromatic heterocycles. The van der Waals surface area contributed by atoms with E-state index >= 15 is 0 Å². The van der Waals surface area contributed by atoms with Crippen LogP contribution in [0.3, 0.4) is 0 Å². The zero-order valence-corrected chi connectivity index (χ0v) is 16.5. The molecule has 26 heavy (non-hydrogen) atoms. The molecule has 0 bridgehead atoms. The number of rotatable bonds is 13. The van der Waals surface area contributed by atoms with Crippen molar-refractivity contribution in [2.24, 2.45) is 0 Å². The minimum Gasteiger partial charge on any atom is -0.481 e. The number of esters is 1. The van der Waals surface area contributed by atoms with E-state index in [1.165, 1.54) is 38.5 Å². The van der Waals surface area contributed by atoms with Gasteiger partial charge in [0.15, 0.2) is 0 Å². The van der Waals surface area contributed by atoms with Crippen LogP contribution in [0, 0.1) is 0 Å². The van der Waals surface area contributed by atoms with Gasteiger partial charge in [0, 0.05) is 12.8 Å². The van der Waals surface area contributed by atoms with Crippen LogP contribution in [0.5, 0.6) is 5.75 Å². The van der Waals surface area contributed by atoms with E-state index in [4.69, 9.17) is 9.84 Å². The molecule has 1 N–H and O–H groups in total. The third kappa shape index (κ3) is 17.0. The first kappa shape index (κ1) is 24.2. The number of carbonyl (C=O) groups excluding carboxylic acids is 1. The van der Waals surface area contributed by atoms with Crippen LogP contribution in [0.15, 0.2) is 30.3 Å². The van der Waals surface area contributed by atoms with Crippen LogP contribution >= 0.6 is 0 Å². The van der Waals surface area contributed by atoms with E-state index < -0.39 is 5.97 Å². The molecule has 0 aliphatic carbocycles. The summed E-state index contributed by atoms with van der Waals surface area (Å²) in [5, 5.41) is 8.27. The lowest BCUT2D eigenvalue weighted by Crippen LogP contribution is -2.07. The van der Waals surface area contributed by atoms with Gasteiger partial charge in [-0.3, -0.25) is 9.59 Å². The summed E-state index contributed by atoms with van der Waals surface area (Å²) in [7, 11) is 0. The van der Waals surface area contributed by atoms with Gasteiger partial charge in [-0.05, 0) is 25.0 Å². The minimum atomic E-state index is -0.670. The summed E-state index contributed by atoms with van der Waals surface area (Å²) in [6.07, 6.45) is 12.2. The predicted octanol–water partition coefficient (Wildman–Crippen LogP) is 6.38. The second kappa shape index (κ2) is 18.0. The zero-order valence-electron chi connectivity index (χ0n) is 16.5. The molecule has 0 radical (unpaired) electrons. The normalized spacial score (nSPS) is 9.92. The predicted molar refractivity (Wildman–Crippen MR) is 106 cm³/mol. The summed E-state index contributed by atoms with van der Waals surface area (Å²) >= 11 is 0. The van der Waals surface area contributed by atoms with Crippen LogP contribution in [0.25, 0.3) is 0 Å². The minimum absolute atomic E-state index is 0.123. The second-order valence-corrected chi connectivity index (χ2v) is 6.51. The highest BCUT2D eigenvalue weighted by Crippen LogP contribution is 2.11. The maximum atomic E-state index is 11.4. The summed E-state index contributed by atoms with van der Waals surface area (Å²) in [4.78, 5) is 21.5. The molecule has 0 unspecified atom stereocenters. The van der Waals surface area contributed by atoms with E-state index in [0.717, 1.165) is 25.7 Å². The Morgan fingerprint density at radius 1 is 0.769 bits per heavy atom. The highest BCUT2D eigenvalue weighted by Gasteiger charge is 2.03. The van der Waals surface area contributed by atoms with Crippen LogP contribution in [0.1, 0.15) is 90.9 Å². The van der Waals surface area contributed by atoms with Crippen LogP contribution < -0.4 is 4.74 Å². The Balaban J connectivity index is 0.000000541. The molecule has 0 aliphatic heterocycles. The number of hydrogen-bond donors (Lipinski definition) is 1. The van der Waals surface area contributed by atoms with Crippen LogP contribution in [-0.4, -0.2) is 17.0 Å². The van der Waals surface area contributed by atoms with Gasteiger partial charge in [-0.15, -0.1) is 0 Å². The third-order valence-electron chi connectivity index (χ3n) is 3.95. The Morgan fingerprint density at radius 3 is 1.77 bits per heavy atom. The van der Waals surface area contributed by atoms with Gasteiger partial charge in [-0.1, -0.05) is 83.4 Å². The molecule has 0 saturated carbocycles. The van der Waals surface area contributed by atoms with Gasteiger partial charge in [-0.25, -0.2) is 0 Å². The highest BCUT2D eigenvalue weighted by atomic mass is 16.5. The van der Waals surface area contributed by atoms with E-state index in [-0.39, 0.29) is 5.97 Å². The van der Waals surface area contributed by atoms with E-state index in [2.05, 4.69) is 13.8 Å². The molecule has 0 atom stereocenters. The molecular formula is C22H36O4. The Hall–Kier alpha value is -1.84. The molecule has 0 heterocycles. The number of carbonyl (C=O) groups is 2. The molecule has 0 fully saturated rings. The van der Waals surface area contributed by atoms with E-state index in [0.29, 0.717) is 18.6 Å². The average Bonchev–Trinajstić information content (AvgIpc) is 2.62. The molecule has 4 heteroatoms. The summed E-state index contributed by atoms with van der Waals surface area (Å²) in [6, 6.07) is 9.24. The summed E-state index contributed by atoms with van der Waals surface area (Å²) in [5.74, 6) is -0.153. The number of carboxylic acid groups (broad SMARTS) is 1. The second-order valence-electron chi connectivity index (χ2n) is 6.51. The van der Waals surface area contributed by atoms with E-state index in [9.17, 15) is 9.59 Å². The number of benzene rings is 1. The molecule has 0 saturated heterocycles. The van der Waals surface area contributed by atoms with Gasteiger partial charge in [0.1, 0.15) is 5.75 Å². The number of ether oxygens (including phenoxy) is 1. The molecule has 1 aromatic carbocycles. The number of aliphatic carboxylic acids is 1. The van der Waals surface area contributed by atoms with E-state index in [1.54, 1.807) is 12.1 Å². The first-order valence-electron chi connectivity index (χ1n) is 10.1. The zero-order chi connectivity index (χ0) is 19.5. The molecular weight excluding hydrogens is 328 g/mol. The van der Waals surface area contributed by atoms with Crippen molar-refractivity contribution in [1.29, 1.82) is 0 Å². The van der Waals surface area contributed by atoms with Gasteiger partial charge < -0.3 is 9.84 Å². The van der Waals surface area contributed by atoms with Crippen molar-refractivity contribution >= 4 is 11.9 Å². The summed E-state index contributed by atoms with van der Waals surface area (Å²) < 4.78 is 5.18. The molecule has 0 amide bonds. The summed E-state index contributed by atoms with van der Waals surface area (Å²) in [6.45, 7) is 4.33. The van der Waals surface area contributed by atoms with Gasteiger partial charge >= 0.3 is 11.9 Å². The van der Waals surface area contributed by atoms with E-state index in [1.807, 2.05) is 18.2 Å². The smallest absolute Gasteiger partial charge is 0.311 e. The Morgan fingerprint density at radius 2 is 1.27 bits per heavy atom. The standard InChI is InChI=1S/C14H20O2.C8H16O2/c1-2-3-4-5-9-12-14(15)16-13-10-7-6-8-11-13;1-2-3-4-5-6-7-8(9)10/h6-8,10-11H,2-5,9,12H2,1H3;2-7H2,1H3,(H,9,10). The lowest BCUT2D eigenvalue weighted by atomic mass is 10.1. The highest BCUT2D eigenvalue weighted by molar-refractivity contribution is 5.72. The van der Waals surface area contributed by atoms with Gasteiger partial charge in [0.2, 0.25) is 0 Å². The maximum absolute atomic E-state index is 11.4. The van der Waals surface area contributed by atoms with Crippen LogP contribution in [0.2, 0.25) is 0 Å². The number of hydrogen-bond acceptors (Lipinski definition) is 3. The van der Waals surface area contributed by atoms with Crippen molar-refractivity contribution < 1.29 is 19.4 Å². The van der Waals surface area contributed by atoms with Crippen molar-refractivity contribution in [3.05, 3.63) is 30.3 Å². The fraction of sp³-hybridized carbons (Fsp3) is 0.636. The van der Waals surface area contributed by atoms with Crippen molar-refractivity contribution in [2.75, 3.05) is 0 Å². The summed E-state index contributed by atoms with van der Waals surface area (Å²) in [5.41, 5.74) is 0. The largest absolute Gasteiger partial charge is 0.481 e. The fourth-order valence-electron chi connectivity index (χ4n) is 2.42. The average molecular weight is 365 g/mol. The lowest BCUT2D eigenvalue weighted by Gasteiger charge is -2.03. The number of carboxylic acids is 1. The molecule has 0 spiro atoms. The Labute approximate surface area is 159 Å². The Kier molecular flexibility index (Phi) is 16.7. The van der Waals surface area contributed by atoms with Crippen LogP contribution in [-0.2, 0) is 9.59 Å². The first-order chi connectivity index (χ1) is 12.6. The van der Waals surface area contributed by atoms with Crippen molar-refractivity contribution in [3.8, 4) is 5.75 Å². The number of para-hydroxylation sites is 1. The van der Waals surface area contributed by atoms with Gasteiger partial charge in [-0.2, -0.15) is 0 Å². The lowest BCUT2D eigenvalue weighted by molar-refractivity contribution is -0.137. The quantitative estimate of drug-likeness (QED) is 0.250. The van der Waals surface area contributed by atoms with Crippen LogP contribution in [0.4, 0.5) is 0 Å². The first-order valence-corrected chi connectivity index (χ1v) is 10.1. The molecule has 1 rings (SSSR count). The fourth-order valence-corrected chi connectivity index (χ4v) is 2.42. The molecule has 148 valence electrons.